The van der Waals surface area contributed by atoms with Gasteiger partial charge in [-0.1, -0.05) is 36.4 Å². The normalized spacial score (nSPS) is 12.8. The van der Waals surface area contributed by atoms with E-state index < -0.39 is 0 Å². The molecule has 2 rings (SSSR count). The first-order chi connectivity index (χ1) is 15.5. The Balaban J connectivity index is 0.00000544. The Hall–Kier alpha value is -2.39. The first kappa shape index (κ1) is 28.6. The molecule has 0 spiro atoms. The van der Waals surface area contributed by atoms with Crippen molar-refractivity contribution in [3.05, 3.63) is 66.0 Å². The molecule has 0 saturated carbocycles. The smallest absolute Gasteiger partial charge is 0.741 e. The summed E-state index contributed by atoms with van der Waals surface area (Å²) in [5.74, 6) is 0. The maximum Gasteiger partial charge on any atom is 2.00 e. The van der Waals surface area contributed by atoms with Crippen molar-refractivity contribution in [1.82, 2.24) is 14.8 Å². The van der Waals surface area contributed by atoms with E-state index in [4.69, 9.17) is 25.3 Å². The molecule has 1 radical (unpaired) electrons. The summed E-state index contributed by atoms with van der Waals surface area (Å²) in [7, 11) is 0. The molecule has 0 aliphatic heterocycles. The Morgan fingerprint density at radius 1 is 0.697 bits per heavy atom. The summed E-state index contributed by atoms with van der Waals surface area (Å²) in [6.45, 7) is 11.1. The fourth-order valence-electron chi connectivity index (χ4n) is 2.86. The van der Waals surface area contributed by atoms with Crippen LogP contribution in [-0.4, -0.2) is 62.7 Å². The molecule has 0 saturated heterocycles. The van der Waals surface area contributed by atoms with E-state index in [1.54, 1.807) is 6.20 Å². The van der Waals surface area contributed by atoms with E-state index in [1.807, 2.05) is 86.0 Å². The molecule has 0 unspecified atom stereocenters. The fourth-order valence-corrected chi connectivity index (χ4v) is 3.46. The number of rotatable bonds is 9. The summed E-state index contributed by atoms with van der Waals surface area (Å²) in [5.41, 5.74) is 2.43. The van der Waals surface area contributed by atoms with Crippen molar-refractivity contribution in [2.45, 2.75) is 27.7 Å². The first-order valence-electron chi connectivity index (χ1n) is 10.7. The van der Waals surface area contributed by atoms with Crippen LogP contribution in [-0.2, 0) is 42.3 Å². The fraction of sp³-hybridized carbons (Fsp3) is 0.348. The van der Waals surface area contributed by atoms with Crippen LogP contribution in [0.15, 0.2) is 75.1 Å². The Morgan fingerprint density at radius 3 is 1.64 bits per heavy atom. The van der Waals surface area contributed by atoms with E-state index in [0.29, 0.717) is 27.5 Å². The van der Waals surface area contributed by atoms with Gasteiger partial charge in [0.2, 0.25) is 0 Å². The zero-order valence-corrected chi connectivity index (χ0v) is 21.8. The van der Waals surface area contributed by atoms with Crippen LogP contribution in [0.4, 0.5) is 0 Å². The molecular formula is C23H29CuN7S2. The van der Waals surface area contributed by atoms with Gasteiger partial charge in [-0.15, -0.1) is 10.2 Å². The third kappa shape index (κ3) is 8.47. The Labute approximate surface area is 218 Å². The molecule has 7 nitrogen and oxygen atoms in total. The van der Waals surface area contributed by atoms with Crippen LogP contribution in [0.2, 0.25) is 0 Å². The molecule has 10 heteroatoms. The van der Waals surface area contributed by atoms with E-state index in [0.717, 1.165) is 31.7 Å². The second kappa shape index (κ2) is 15.4. The van der Waals surface area contributed by atoms with E-state index in [2.05, 4.69) is 25.4 Å². The molecule has 0 amide bonds. The molecule has 1 aromatic heterocycles. The zero-order valence-electron chi connectivity index (χ0n) is 19.3. The minimum absolute atomic E-state index is 0. The Kier molecular flexibility index (Phi) is 13.4. The van der Waals surface area contributed by atoms with Crippen LogP contribution in [0.1, 0.15) is 39.0 Å². The summed E-state index contributed by atoms with van der Waals surface area (Å²) in [4.78, 5) is 8.38. The molecule has 0 fully saturated rings. The van der Waals surface area contributed by atoms with Crippen LogP contribution < -0.4 is 0 Å². The molecule has 179 valence electrons. The summed E-state index contributed by atoms with van der Waals surface area (Å²) in [6.07, 6.45) is 1.70. The van der Waals surface area contributed by atoms with Gasteiger partial charge in [0.05, 0.1) is 5.69 Å². The van der Waals surface area contributed by atoms with Crippen LogP contribution >= 0.6 is 0 Å². The van der Waals surface area contributed by atoms with Crippen molar-refractivity contribution < 1.29 is 17.1 Å². The molecule has 33 heavy (non-hydrogen) atoms. The SMILES string of the molecule is CCN(CC)C([S-])=NN=C(C(=NN=C([S-])N(CC)CC)c1ccccn1)c1ccccc1.[Cu+2]. The second-order valence-corrected chi connectivity index (χ2v) is 7.32. The molecule has 2 aromatic rings. The monoisotopic (exact) mass is 530 g/mol. The van der Waals surface area contributed by atoms with Crippen LogP contribution in [0.3, 0.4) is 0 Å². The average Bonchev–Trinajstić information content (AvgIpc) is 2.83. The van der Waals surface area contributed by atoms with Gasteiger partial charge in [-0.3, -0.25) is 4.98 Å². The van der Waals surface area contributed by atoms with Crippen LogP contribution in [0, 0.1) is 0 Å². The molecule has 1 heterocycles. The quantitative estimate of drug-likeness (QED) is 0.163. The number of aromatic nitrogens is 1. The third-order valence-corrected chi connectivity index (χ3v) is 5.40. The zero-order chi connectivity index (χ0) is 23.3. The number of hydrogen-bond donors (Lipinski definition) is 0. The predicted octanol–water partition coefficient (Wildman–Crippen LogP) is 3.68. The standard InChI is InChI=1S/C23H31N7S2.Cu/c1-5-29(6-2)22(31)27-25-20(18-14-10-9-11-15-18)21(19-16-12-13-17-24-19)26-28-23(32)30(7-3)8-4;/h9-17H,5-8H2,1-4H3,(H,27,31)(H,28,32);/q;+2/p-2. The topological polar surface area (TPSA) is 68.8 Å². The largest absolute Gasteiger partial charge is 2.00 e. The van der Waals surface area contributed by atoms with Gasteiger partial charge in [-0.2, -0.15) is 10.2 Å². The summed E-state index contributed by atoms with van der Waals surface area (Å²) in [6, 6.07) is 15.3. The van der Waals surface area contributed by atoms with Gasteiger partial charge in [-0.25, -0.2) is 0 Å². The van der Waals surface area contributed by atoms with Crippen molar-refractivity contribution in [3.8, 4) is 0 Å². The maximum atomic E-state index is 5.46. The number of nitrogens with zero attached hydrogens (tertiary/aromatic N) is 7. The van der Waals surface area contributed by atoms with Gasteiger partial charge in [0.15, 0.2) is 0 Å². The average molecular weight is 531 g/mol. The van der Waals surface area contributed by atoms with Crippen molar-refractivity contribution in [2.75, 3.05) is 26.2 Å². The van der Waals surface area contributed by atoms with Crippen molar-refractivity contribution in [1.29, 1.82) is 0 Å². The summed E-state index contributed by atoms with van der Waals surface area (Å²) < 4.78 is 0. The van der Waals surface area contributed by atoms with Gasteiger partial charge < -0.3 is 35.1 Å². The Morgan fingerprint density at radius 2 is 1.18 bits per heavy atom. The number of hydrogen-bond acceptors (Lipinski definition) is 7. The van der Waals surface area contributed by atoms with Gasteiger partial charge in [0, 0.05) is 48.3 Å². The molecule has 0 aliphatic carbocycles. The third-order valence-electron chi connectivity index (χ3n) is 4.72. The number of benzene rings is 1. The maximum absolute atomic E-state index is 5.46. The van der Waals surface area contributed by atoms with E-state index in [1.165, 1.54) is 0 Å². The molecular weight excluding hydrogens is 502 g/mol. The van der Waals surface area contributed by atoms with E-state index in [-0.39, 0.29) is 17.1 Å². The second-order valence-electron chi connectivity index (χ2n) is 6.59. The van der Waals surface area contributed by atoms with Gasteiger partial charge >= 0.3 is 17.1 Å². The molecule has 0 N–H and O–H groups in total. The van der Waals surface area contributed by atoms with Gasteiger partial charge in [-0.05, 0) is 39.8 Å². The number of pyridine rings is 1. The van der Waals surface area contributed by atoms with Crippen molar-refractivity contribution >= 4 is 47.0 Å². The molecule has 1 aromatic carbocycles. The molecule has 0 bridgehead atoms. The summed E-state index contributed by atoms with van der Waals surface area (Å²) in [5, 5.41) is 18.5. The van der Waals surface area contributed by atoms with Crippen LogP contribution in [0.5, 0.6) is 0 Å². The minimum atomic E-state index is 0. The molecule has 0 atom stereocenters. The van der Waals surface area contributed by atoms with Crippen molar-refractivity contribution in [2.24, 2.45) is 20.4 Å². The summed E-state index contributed by atoms with van der Waals surface area (Å²) >= 11 is 10.9. The predicted molar refractivity (Wildman–Crippen MR) is 139 cm³/mol. The first-order valence-corrected chi connectivity index (χ1v) is 11.5. The van der Waals surface area contributed by atoms with Gasteiger partial charge in [0.25, 0.3) is 0 Å². The number of amidine groups is 2. The van der Waals surface area contributed by atoms with E-state index >= 15 is 0 Å². The van der Waals surface area contributed by atoms with Crippen LogP contribution in [0.25, 0.3) is 0 Å². The van der Waals surface area contributed by atoms with Gasteiger partial charge in [0.1, 0.15) is 11.4 Å². The minimum Gasteiger partial charge on any atom is -0.741 e. The molecule has 0 aliphatic rings. The van der Waals surface area contributed by atoms with E-state index in [9.17, 15) is 0 Å². The van der Waals surface area contributed by atoms with Crippen molar-refractivity contribution in [3.63, 3.8) is 0 Å². The Bertz CT molecular complexity index is 876.